The van der Waals surface area contributed by atoms with Gasteiger partial charge in [-0.3, -0.25) is 0 Å². The van der Waals surface area contributed by atoms with Crippen LogP contribution in [-0.4, -0.2) is 60.8 Å². The molecular formula is C10H20O6. The van der Waals surface area contributed by atoms with Crippen molar-refractivity contribution in [3.05, 3.63) is 0 Å². The van der Waals surface area contributed by atoms with Gasteiger partial charge in [-0.1, -0.05) is 0 Å². The van der Waals surface area contributed by atoms with Crippen LogP contribution in [0.15, 0.2) is 0 Å². The zero-order chi connectivity index (χ0) is 13.0. The van der Waals surface area contributed by atoms with Crippen LogP contribution in [-0.2, 0) is 4.74 Å². The largest absolute Gasteiger partial charge is 0.391 e. The van der Waals surface area contributed by atoms with Gasteiger partial charge in [0.1, 0.15) is 23.4 Å². The Labute approximate surface area is 94.1 Å². The standard InChI is InChI=1S/C10H20O6/c1-6-7(2,12)8(3,13)9(4,14)10(15,5-11)16-6/h6,11-15H,5H2,1-4H3/t6-,7+,8+,9+,10+/m0/s1. The lowest BCUT2D eigenvalue weighted by atomic mass is 9.65. The first kappa shape index (κ1) is 13.8. The highest BCUT2D eigenvalue weighted by atomic mass is 16.7. The summed E-state index contributed by atoms with van der Waals surface area (Å²) in [6.45, 7) is 4.13. The van der Waals surface area contributed by atoms with E-state index in [1.165, 1.54) is 20.8 Å². The van der Waals surface area contributed by atoms with E-state index in [1.54, 1.807) is 0 Å². The third kappa shape index (κ3) is 1.35. The van der Waals surface area contributed by atoms with Gasteiger partial charge in [0.2, 0.25) is 5.79 Å². The lowest BCUT2D eigenvalue weighted by Crippen LogP contribution is -2.81. The monoisotopic (exact) mass is 236 g/mol. The smallest absolute Gasteiger partial charge is 0.221 e. The molecule has 1 saturated heterocycles. The molecule has 0 unspecified atom stereocenters. The predicted molar refractivity (Wildman–Crippen MR) is 54.5 cm³/mol. The van der Waals surface area contributed by atoms with Crippen molar-refractivity contribution in [2.45, 2.75) is 56.4 Å². The number of hydrogen-bond acceptors (Lipinski definition) is 6. The molecule has 0 amide bonds. The van der Waals surface area contributed by atoms with Crippen LogP contribution in [0.5, 0.6) is 0 Å². The lowest BCUT2D eigenvalue weighted by molar-refractivity contribution is -0.430. The molecule has 5 N–H and O–H groups in total. The summed E-state index contributed by atoms with van der Waals surface area (Å²) in [6, 6.07) is 0. The molecule has 1 aliphatic heterocycles. The highest BCUT2D eigenvalue weighted by molar-refractivity contribution is 5.17. The Morgan fingerprint density at radius 3 is 1.81 bits per heavy atom. The summed E-state index contributed by atoms with van der Waals surface area (Å²) in [6.07, 6.45) is -0.958. The Hall–Kier alpha value is -0.240. The molecule has 0 radical (unpaired) electrons. The molecule has 0 aromatic rings. The fourth-order valence-corrected chi connectivity index (χ4v) is 1.98. The lowest BCUT2D eigenvalue weighted by Gasteiger charge is -2.60. The molecule has 1 aliphatic rings. The van der Waals surface area contributed by atoms with Crippen LogP contribution in [0, 0.1) is 0 Å². The Bertz CT molecular complexity index is 279. The first-order chi connectivity index (χ1) is 6.94. The van der Waals surface area contributed by atoms with Gasteiger partial charge in [-0.2, -0.15) is 0 Å². The number of aliphatic hydroxyl groups is 5. The van der Waals surface area contributed by atoms with Gasteiger partial charge in [0.05, 0.1) is 6.10 Å². The van der Waals surface area contributed by atoms with E-state index in [0.29, 0.717) is 0 Å². The second-order valence-corrected chi connectivity index (χ2v) is 4.99. The molecule has 0 saturated carbocycles. The number of aliphatic hydroxyl groups excluding tert-OH is 1. The Kier molecular flexibility index (Phi) is 2.92. The van der Waals surface area contributed by atoms with Crippen molar-refractivity contribution in [2.75, 3.05) is 6.61 Å². The van der Waals surface area contributed by atoms with E-state index in [2.05, 4.69) is 0 Å². The van der Waals surface area contributed by atoms with Crippen molar-refractivity contribution in [1.82, 2.24) is 0 Å². The van der Waals surface area contributed by atoms with Gasteiger partial charge in [-0.25, -0.2) is 0 Å². The molecule has 1 fully saturated rings. The molecule has 5 atom stereocenters. The fourth-order valence-electron chi connectivity index (χ4n) is 1.98. The van der Waals surface area contributed by atoms with Crippen LogP contribution in [0.25, 0.3) is 0 Å². The van der Waals surface area contributed by atoms with Crippen LogP contribution < -0.4 is 0 Å². The van der Waals surface area contributed by atoms with Crippen LogP contribution in [0.3, 0.4) is 0 Å². The van der Waals surface area contributed by atoms with Crippen LogP contribution in [0.2, 0.25) is 0 Å². The zero-order valence-corrected chi connectivity index (χ0v) is 9.93. The van der Waals surface area contributed by atoms with Crippen LogP contribution >= 0.6 is 0 Å². The molecule has 0 bridgehead atoms. The van der Waals surface area contributed by atoms with E-state index in [9.17, 15) is 20.4 Å². The van der Waals surface area contributed by atoms with Gasteiger partial charge >= 0.3 is 0 Å². The van der Waals surface area contributed by atoms with Crippen molar-refractivity contribution in [1.29, 1.82) is 0 Å². The molecule has 0 aromatic heterocycles. The number of hydrogen-bond donors (Lipinski definition) is 5. The van der Waals surface area contributed by atoms with Gasteiger partial charge in [0.15, 0.2) is 0 Å². The normalized spacial score (nSPS) is 58.7. The average molecular weight is 236 g/mol. The highest BCUT2D eigenvalue weighted by Crippen LogP contribution is 2.47. The van der Waals surface area contributed by atoms with Gasteiger partial charge in [-0.15, -0.1) is 0 Å². The highest BCUT2D eigenvalue weighted by Gasteiger charge is 2.70. The maximum absolute atomic E-state index is 10.2. The summed E-state index contributed by atoms with van der Waals surface area (Å²) >= 11 is 0. The minimum Gasteiger partial charge on any atom is -0.391 e. The predicted octanol–water partition coefficient (Wildman–Crippen LogP) is -1.66. The second-order valence-electron chi connectivity index (χ2n) is 4.99. The average Bonchev–Trinajstić information content (AvgIpc) is 2.14. The number of rotatable bonds is 1. The molecule has 0 aromatic carbocycles. The summed E-state index contributed by atoms with van der Waals surface area (Å²) in [5.41, 5.74) is -6.03. The maximum Gasteiger partial charge on any atom is 0.221 e. The third-order valence-electron chi connectivity index (χ3n) is 4.07. The first-order valence-corrected chi connectivity index (χ1v) is 5.12. The molecule has 1 heterocycles. The minimum atomic E-state index is -2.32. The molecule has 6 nitrogen and oxygen atoms in total. The summed E-state index contributed by atoms with van der Waals surface area (Å²) in [5.74, 6) is -2.32. The quantitative estimate of drug-likeness (QED) is 0.373. The van der Waals surface area contributed by atoms with Crippen LogP contribution in [0.1, 0.15) is 27.7 Å². The molecule has 0 spiro atoms. The van der Waals surface area contributed by atoms with E-state index in [4.69, 9.17) is 9.84 Å². The Morgan fingerprint density at radius 1 is 1.00 bits per heavy atom. The van der Waals surface area contributed by atoms with Crippen molar-refractivity contribution >= 4 is 0 Å². The maximum atomic E-state index is 10.2. The molecule has 16 heavy (non-hydrogen) atoms. The Balaban J connectivity index is 3.32. The van der Waals surface area contributed by atoms with E-state index in [-0.39, 0.29) is 0 Å². The minimum absolute atomic E-state index is 0.892. The SMILES string of the molecule is C[C@@H]1O[C@](O)(CO)[C@](C)(O)[C@](C)(O)[C@]1(C)O. The topological polar surface area (TPSA) is 110 Å². The van der Waals surface area contributed by atoms with Crippen molar-refractivity contribution in [3.63, 3.8) is 0 Å². The summed E-state index contributed by atoms with van der Waals surface area (Å²) < 4.78 is 5.03. The molecular weight excluding hydrogens is 216 g/mol. The Morgan fingerprint density at radius 2 is 1.44 bits per heavy atom. The molecule has 6 heteroatoms. The van der Waals surface area contributed by atoms with Gasteiger partial charge in [-0.05, 0) is 27.7 Å². The van der Waals surface area contributed by atoms with Crippen molar-refractivity contribution in [3.8, 4) is 0 Å². The van der Waals surface area contributed by atoms with Gasteiger partial charge in [0.25, 0.3) is 0 Å². The first-order valence-electron chi connectivity index (χ1n) is 5.12. The third-order valence-corrected chi connectivity index (χ3v) is 4.07. The van der Waals surface area contributed by atoms with E-state index >= 15 is 0 Å². The molecule has 0 aliphatic carbocycles. The summed E-state index contributed by atoms with van der Waals surface area (Å²) in [7, 11) is 0. The van der Waals surface area contributed by atoms with Crippen molar-refractivity contribution < 1.29 is 30.3 Å². The number of ether oxygens (including phenoxy) is 1. The zero-order valence-electron chi connectivity index (χ0n) is 9.93. The second kappa shape index (κ2) is 3.38. The van der Waals surface area contributed by atoms with E-state index in [0.717, 1.165) is 6.92 Å². The summed E-state index contributed by atoms with van der Waals surface area (Å²) in [5, 5.41) is 49.5. The van der Waals surface area contributed by atoms with E-state index in [1.807, 2.05) is 0 Å². The fraction of sp³-hybridized carbons (Fsp3) is 1.00. The molecule has 96 valence electrons. The van der Waals surface area contributed by atoms with Gasteiger partial charge in [0, 0.05) is 0 Å². The summed E-state index contributed by atoms with van der Waals surface area (Å²) in [4.78, 5) is 0. The van der Waals surface area contributed by atoms with Crippen LogP contribution in [0.4, 0.5) is 0 Å². The van der Waals surface area contributed by atoms with Crippen molar-refractivity contribution in [2.24, 2.45) is 0 Å². The van der Waals surface area contributed by atoms with E-state index < -0.39 is 35.3 Å². The molecule has 1 rings (SSSR count). The van der Waals surface area contributed by atoms with Gasteiger partial charge < -0.3 is 30.3 Å².